The monoisotopic (exact) mass is 732 g/mol. The van der Waals surface area contributed by atoms with E-state index in [0.717, 1.165) is 22.5 Å². The Balaban J connectivity index is 1.15. The number of para-hydroxylation sites is 3. The van der Waals surface area contributed by atoms with E-state index < -0.39 is 0 Å². The summed E-state index contributed by atoms with van der Waals surface area (Å²) in [6, 6.07) is 56.0. The zero-order chi connectivity index (χ0) is 37.5. The van der Waals surface area contributed by atoms with Crippen molar-refractivity contribution in [2.45, 2.75) is 23.9 Å². The lowest BCUT2D eigenvalue weighted by Gasteiger charge is -2.31. The second-order valence-electron chi connectivity index (χ2n) is 15.1. The highest BCUT2D eigenvalue weighted by Gasteiger charge is 2.46. The maximum Gasteiger partial charge on any atom is 0.234 e. The summed E-state index contributed by atoms with van der Waals surface area (Å²) < 4.78 is 2.53. The summed E-state index contributed by atoms with van der Waals surface area (Å²) in [4.78, 5) is 20.6. The van der Waals surface area contributed by atoms with E-state index in [0.29, 0.717) is 17.6 Å². The summed E-state index contributed by atoms with van der Waals surface area (Å²) in [6.45, 7) is 0. The van der Waals surface area contributed by atoms with E-state index in [2.05, 4.69) is 172 Å². The largest absolute Gasteiger partial charge is 0.333 e. The first-order valence-corrected chi connectivity index (χ1v) is 19.7. The van der Waals surface area contributed by atoms with Crippen molar-refractivity contribution in [2.75, 3.05) is 9.80 Å². The average molecular weight is 733 g/mol. The summed E-state index contributed by atoms with van der Waals surface area (Å²) in [5, 5.41) is 1.22. The molecule has 57 heavy (non-hydrogen) atoms. The van der Waals surface area contributed by atoms with Crippen LogP contribution in [0, 0.1) is 0 Å². The van der Waals surface area contributed by atoms with Crippen LogP contribution >= 0.6 is 0 Å². The Labute approximate surface area is 331 Å². The van der Waals surface area contributed by atoms with Crippen molar-refractivity contribution >= 4 is 40.0 Å². The molecule has 6 aromatic carbocycles. The maximum absolute atomic E-state index is 5.33. The minimum absolute atomic E-state index is 0.0120. The van der Waals surface area contributed by atoms with Gasteiger partial charge < -0.3 is 14.4 Å². The summed E-state index contributed by atoms with van der Waals surface area (Å²) in [7, 11) is 0. The van der Waals surface area contributed by atoms with Crippen molar-refractivity contribution in [1.29, 1.82) is 0 Å². The second kappa shape index (κ2) is 12.6. The molecule has 0 saturated carbocycles. The van der Waals surface area contributed by atoms with Crippen molar-refractivity contribution in [2.24, 2.45) is 0 Å². The summed E-state index contributed by atoms with van der Waals surface area (Å²) >= 11 is 0. The minimum atomic E-state index is -0.0120. The van der Waals surface area contributed by atoms with Crippen LogP contribution in [0.2, 0.25) is 0 Å². The van der Waals surface area contributed by atoms with Gasteiger partial charge in [0.2, 0.25) is 5.95 Å². The lowest BCUT2D eigenvalue weighted by atomic mass is 9.84. The number of aromatic nitrogens is 4. The molecule has 4 aliphatic rings. The van der Waals surface area contributed by atoms with Gasteiger partial charge in [-0.05, 0) is 47.5 Å². The van der Waals surface area contributed by atoms with Crippen LogP contribution in [0.25, 0.3) is 45.4 Å². The highest BCUT2D eigenvalue weighted by Crippen LogP contribution is 2.57. The standard InChI is InChI=1S/C51H36N6/c1-5-17-33(18-6-1)49-52-50(34-19-7-2-8-20-34)54-51(53-49)57-41-27-15-13-25-37(41)38-29-31-44-46(47(38)57)40-30-32-43-45(48(40)56(44)36-23-11-4-12-24-36)39-26-14-16-28-42(39)55(43)35-21-9-3-10-22-35/h1-32,37,41,43,45H. The van der Waals surface area contributed by atoms with Crippen LogP contribution in [0.15, 0.2) is 188 Å². The van der Waals surface area contributed by atoms with E-state index in [4.69, 9.17) is 15.0 Å². The predicted molar refractivity (Wildman–Crippen MR) is 231 cm³/mol. The van der Waals surface area contributed by atoms with Crippen molar-refractivity contribution in [1.82, 2.24) is 19.5 Å². The number of nitrogens with zero attached hydrogens (tertiary/aromatic N) is 6. The van der Waals surface area contributed by atoms with Gasteiger partial charge in [0.15, 0.2) is 11.6 Å². The Morgan fingerprint density at radius 3 is 1.79 bits per heavy atom. The SMILES string of the molecule is C1=CC2c3ccc4c(c5c(n4-c4ccccc4)C4c6ccccc6N(c6ccccc6)C4C=C5)c3N(c3nc(-c4ccccc4)nc(-c4ccccc4)n3)C2C=C1. The van der Waals surface area contributed by atoms with Crippen molar-refractivity contribution < 1.29 is 0 Å². The molecule has 4 unspecified atom stereocenters. The van der Waals surface area contributed by atoms with E-state index in [-0.39, 0.29) is 23.9 Å². The normalized spacial score (nSPS) is 19.6. The van der Waals surface area contributed by atoms with E-state index >= 15 is 0 Å². The molecule has 0 saturated heterocycles. The molecule has 12 rings (SSSR count). The summed E-state index contributed by atoms with van der Waals surface area (Å²) in [6.07, 6.45) is 13.8. The molecule has 4 heterocycles. The van der Waals surface area contributed by atoms with Gasteiger partial charge in [-0.15, -0.1) is 0 Å². The summed E-state index contributed by atoms with van der Waals surface area (Å²) in [5.74, 6) is 2.17. The molecule has 0 spiro atoms. The molecule has 0 bridgehead atoms. The van der Waals surface area contributed by atoms with Gasteiger partial charge in [-0.2, -0.15) is 9.97 Å². The van der Waals surface area contributed by atoms with Gasteiger partial charge in [0.25, 0.3) is 0 Å². The second-order valence-corrected chi connectivity index (χ2v) is 15.1. The van der Waals surface area contributed by atoms with Crippen LogP contribution in [0.4, 0.5) is 23.0 Å². The Hall–Kier alpha value is -7.31. The van der Waals surface area contributed by atoms with Gasteiger partial charge in [0, 0.05) is 50.8 Å². The van der Waals surface area contributed by atoms with Crippen LogP contribution in [0.5, 0.6) is 0 Å². The third-order valence-electron chi connectivity index (χ3n) is 12.1. The minimum Gasteiger partial charge on any atom is -0.333 e. The van der Waals surface area contributed by atoms with Crippen molar-refractivity contribution in [3.8, 4) is 28.5 Å². The molecule has 0 N–H and O–H groups in total. The third-order valence-corrected chi connectivity index (χ3v) is 12.1. The number of rotatable bonds is 5. The first-order chi connectivity index (χ1) is 28.3. The van der Waals surface area contributed by atoms with Crippen LogP contribution in [-0.4, -0.2) is 31.6 Å². The number of hydrogen-bond donors (Lipinski definition) is 0. The lowest BCUT2D eigenvalue weighted by molar-refractivity contribution is 0.693. The molecule has 0 amide bonds. The highest BCUT2D eigenvalue weighted by molar-refractivity contribution is 6.07. The van der Waals surface area contributed by atoms with Crippen LogP contribution < -0.4 is 9.80 Å². The molecular formula is C51H36N6. The highest BCUT2D eigenvalue weighted by atomic mass is 15.3. The number of benzene rings is 6. The Morgan fingerprint density at radius 1 is 0.474 bits per heavy atom. The fourth-order valence-corrected chi connectivity index (χ4v) is 9.77. The zero-order valence-corrected chi connectivity index (χ0v) is 31.0. The predicted octanol–water partition coefficient (Wildman–Crippen LogP) is 11.6. The Kier molecular flexibility index (Phi) is 7.08. The van der Waals surface area contributed by atoms with Gasteiger partial charge in [-0.25, -0.2) is 4.98 Å². The topological polar surface area (TPSA) is 50.1 Å². The van der Waals surface area contributed by atoms with Gasteiger partial charge >= 0.3 is 0 Å². The Bertz CT molecular complexity index is 2870. The molecule has 0 radical (unpaired) electrons. The average Bonchev–Trinajstić information content (AvgIpc) is 3.93. The van der Waals surface area contributed by atoms with Crippen LogP contribution in [0.1, 0.15) is 34.2 Å². The first-order valence-electron chi connectivity index (χ1n) is 19.7. The quantitative estimate of drug-likeness (QED) is 0.176. The molecule has 2 aliphatic carbocycles. The molecule has 2 aromatic heterocycles. The molecule has 4 atom stereocenters. The molecule has 8 aromatic rings. The molecular weight excluding hydrogens is 697 g/mol. The lowest BCUT2D eigenvalue weighted by Crippen LogP contribution is -2.31. The van der Waals surface area contributed by atoms with Gasteiger partial charge in [0.05, 0.1) is 29.2 Å². The first kappa shape index (κ1) is 32.0. The number of anilines is 4. The van der Waals surface area contributed by atoms with Gasteiger partial charge in [-0.1, -0.05) is 158 Å². The zero-order valence-electron chi connectivity index (χ0n) is 31.0. The number of allylic oxidation sites excluding steroid dienone is 2. The summed E-state index contributed by atoms with van der Waals surface area (Å²) in [5.41, 5.74) is 13.0. The van der Waals surface area contributed by atoms with Gasteiger partial charge in [0.1, 0.15) is 0 Å². The smallest absolute Gasteiger partial charge is 0.234 e. The van der Waals surface area contributed by atoms with E-state index in [1.807, 2.05) is 36.4 Å². The maximum atomic E-state index is 5.33. The molecule has 0 fully saturated rings. The van der Waals surface area contributed by atoms with E-state index in [1.54, 1.807) is 0 Å². The Morgan fingerprint density at radius 2 is 1.09 bits per heavy atom. The third kappa shape index (κ3) is 4.80. The van der Waals surface area contributed by atoms with Crippen LogP contribution in [0.3, 0.4) is 0 Å². The molecule has 6 heteroatoms. The van der Waals surface area contributed by atoms with Crippen LogP contribution in [-0.2, 0) is 0 Å². The fourth-order valence-electron chi connectivity index (χ4n) is 9.77. The van der Waals surface area contributed by atoms with Gasteiger partial charge in [-0.3, -0.25) is 0 Å². The molecule has 6 nitrogen and oxygen atoms in total. The number of fused-ring (bicyclic) bond motifs is 11. The van der Waals surface area contributed by atoms with Crippen molar-refractivity contribution in [3.05, 3.63) is 210 Å². The van der Waals surface area contributed by atoms with Crippen molar-refractivity contribution in [3.63, 3.8) is 0 Å². The molecule has 2 aliphatic heterocycles. The molecule has 270 valence electrons. The number of hydrogen-bond acceptors (Lipinski definition) is 5. The fraction of sp³-hybridized carbons (Fsp3) is 0.0784. The van der Waals surface area contributed by atoms with E-state index in [9.17, 15) is 0 Å². The van der Waals surface area contributed by atoms with E-state index in [1.165, 1.54) is 44.7 Å².